The monoisotopic (exact) mass is 364 g/mol. The summed E-state index contributed by atoms with van der Waals surface area (Å²) >= 11 is 0. The highest BCUT2D eigenvalue weighted by atomic mass is 28.3. The van der Waals surface area contributed by atoms with E-state index in [2.05, 4.69) is 48.9 Å². The lowest BCUT2D eigenvalue weighted by Crippen LogP contribution is -2.37. The van der Waals surface area contributed by atoms with Gasteiger partial charge in [-0.1, -0.05) is 93.2 Å². The van der Waals surface area contributed by atoms with Crippen LogP contribution in [-0.2, 0) is 6.42 Å². The highest BCUT2D eigenvalue weighted by Crippen LogP contribution is 2.28. The van der Waals surface area contributed by atoms with Crippen LogP contribution in [0.15, 0.2) is 66.9 Å². The van der Waals surface area contributed by atoms with E-state index in [0.29, 0.717) is 0 Å². The summed E-state index contributed by atoms with van der Waals surface area (Å²) < 4.78 is 39.9. The average Bonchev–Trinajstić information content (AvgIpc) is 2.73. The molecule has 1 aromatic heterocycles. The number of benzene rings is 2. The van der Waals surface area contributed by atoms with Crippen LogP contribution in [-0.4, -0.2) is 13.1 Å². The second-order valence-corrected chi connectivity index (χ2v) is 12.7. The summed E-state index contributed by atoms with van der Waals surface area (Å²) in [7, 11) is -1.44. The number of hydrogen-bond acceptors (Lipinski definition) is 1. The van der Waals surface area contributed by atoms with E-state index in [1.807, 2.05) is 36.4 Å². The van der Waals surface area contributed by atoms with Gasteiger partial charge >= 0.3 is 0 Å². The molecule has 1 heterocycles. The molecule has 3 aromatic rings. The molecule has 2 heteroatoms. The van der Waals surface area contributed by atoms with Crippen LogP contribution in [0.25, 0.3) is 22.4 Å². The van der Waals surface area contributed by atoms with Gasteiger partial charge in [0.2, 0.25) is 0 Å². The van der Waals surface area contributed by atoms with Crippen LogP contribution in [0.1, 0.15) is 26.2 Å². The van der Waals surface area contributed by atoms with Crippen LogP contribution in [0.2, 0.25) is 19.6 Å². The summed E-state index contributed by atoms with van der Waals surface area (Å²) in [4.78, 5) is 4.64. The van der Waals surface area contributed by atoms with Crippen molar-refractivity contribution in [2.45, 2.75) is 39.8 Å². The van der Waals surface area contributed by atoms with Crippen LogP contribution < -0.4 is 5.19 Å². The van der Waals surface area contributed by atoms with E-state index in [4.69, 9.17) is 6.85 Å². The Balaban J connectivity index is 2.12. The third-order valence-electron chi connectivity index (χ3n) is 4.52. The van der Waals surface area contributed by atoms with E-state index < -0.39 is 27.7 Å². The van der Waals surface area contributed by atoms with Crippen molar-refractivity contribution in [1.82, 2.24) is 4.98 Å². The Morgan fingerprint density at radius 2 is 1.65 bits per heavy atom. The Hall–Kier alpha value is -2.19. The zero-order chi connectivity index (χ0) is 22.8. The smallest absolute Gasteiger partial charge is 0.0775 e. The first-order chi connectivity index (χ1) is 14.5. The van der Waals surface area contributed by atoms with Crippen LogP contribution in [0.5, 0.6) is 0 Å². The Morgan fingerprint density at radius 1 is 0.962 bits per heavy atom. The lowest BCUT2D eigenvalue weighted by atomic mass is 9.94. The maximum atomic E-state index is 8.55. The van der Waals surface area contributed by atoms with Crippen molar-refractivity contribution in [1.29, 1.82) is 0 Å². The van der Waals surface area contributed by atoms with Gasteiger partial charge in [0.1, 0.15) is 0 Å². The van der Waals surface area contributed by atoms with E-state index >= 15 is 0 Å². The van der Waals surface area contributed by atoms with Crippen molar-refractivity contribution in [3.63, 3.8) is 0 Å². The Labute approximate surface area is 166 Å². The van der Waals surface area contributed by atoms with Gasteiger partial charge in [-0.3, -0.25) is 4.98 Å². The summed E-state index contributed by atoms with van der Waals surface area (Å²) in [6, 6.07) is 20.0. The summed E-state index contributed by atoms with van der Waals surface area (Å²) in [5, 5.41) is 1.34. The number of nitrogens with zero attached hydrogens (tertiary/aromatic N) is 1. The molecule has 2 aromatic carbocycles. The topological polar surface area (TPSA) is 12.9 Å². The molecule has 0 saturated carbocycles. The summed E-state index contributed by atoms with van der Waals surface area (Å²) in [5.41, 5.74) is 4.17. The number of aromatic nitrogens is 1. The molecule has 26 heavy (non-hydrogen) atoms. The normalized spacial score (nSPS) is 15.2. The van der Waals surface area contributed by atoms with Crippen molar-refractivity contribution >= 4 is 13.3 Å². The lowest BCUT2D eigenvalue weighted by Gasteiger charge is -2.18. The predicted octanol–water partition coefficient (Wildman–Crippen LogP) is 6.16. The van der Waals surface area contributed by atoms with E-state index in [1.54, 1.807) is 6.20 Å². The van der Waals surface area contributed by atoms with Gasteiger partial charge in [-0.15, -0.1) is 0 Å². The van der Waals surface area contributed by atoms with Gasteiger partial charge in [-0.2, -0.15) is 0 Å². The molecule has 0 radical (unpaired) electrons. The molecule has 0 unspecified atom stereocenters. The van der Waals surface area contributed by atoms with Crippen molar-refractivity contribution in [2.75, 3.05) is 0 Å². The lowest BCUT2D eigenvalue weighted by molar-refractivity contribution is 0.648. The SMILES string of the molecule is [2H]C([2H])C([2H])(Cc1cc(-c2ccccc2)ncc1-c1ccc([Si](C)(C)C)cc1)C([2H])[2H]. The Bertz CT molecular complexity index is 1010. The van der Waals surface area contributed by atoms with Crippen molar-refractivity contribution < 1.29 is 6.85 Å². The molecule has 0 aliphatic rings. The second kappa shape index (κ2) is 7.59. The quantitative estimate of drug-likeness (QED) is 0.494. The van der Waals surface area contributed by atoms with E-state index in [1.165, 1.54) is 5.19 Å². The summed E-state index contributed by atoms with van der Waals surface area (Å²) in [6.07, 6.45) is 1.74. The molecular weight excluding hydrogens is 330 g/mol. The molecule has 1 nitrogen and oxygen atoms in total. The Kier molecular flexibility index (Phi) is 3.81. The minimum atomic E-state index is -1.86. The van der Waals surface area contributed by atoms with Crippen LogP contribution >= 0.6 is 0 Å². The van der Waals surface area contributed by atoms with Crippen LogP contribution in [0.3, 0.4) is 0 Å². The average molecular weight is 365 g/mol. The molecule has 3 rings (SSSR count). The molecule has 0 amide bonds. The molecule has 0 aliphatic carbocycles. The van der Waals surface area contributed by atoms with Gasteiger partial charge in [-0.05, 0) is 29.5 Å². The van der Waals surface area contributed by atoms with E-state index in [9.17, 15) is 0 Å². The third-order valence-corrected chi connectivity index (χ3v) is 6.58. The molecule has 0 atom stereocenters. The molecule has 0 N–H and O–H groups in total. The number of rotatable bonds is 5. The van der Waals surface area contributed by atoms with Gasteiger partial charge < -0.3 is 0 Å². The minimum Gasteiger partial charge on any atom is -0.256 e. The van der Waals surface area contributed by atoms with Gasteiger partial charge in [0.15, 0.2) is 0 Å². The zero-order valence-corrected chi connectivity index (χ0v) is 16.7. The maximum Gasteiger partial charge on any atom is 0.0775 e. The summed E-state index contributed by atoms with van der Waals surface area (Å²) in [6.45, 7) is 3.67. The van der Waals surface area contributed by atoms with Crippen LogP contribution in [0, 0.1) is 5.89 Å². The van der Waals surface area contributed by atoms with Gasteiger partial charge in [0, 0.05) is 24.2 Å². The fourth-order valence-electron chi connectivity index (χ4n) is 3.04. The molecule has 134 valence electrons. The Morgan fingerprint density at radius 3 is 2.27 bits per heavy atom. The fourth-order valence-corrected chi connectivity index (χ4v) is 4.21. The highest BCUT2D eigenvalue weighted by molar-refractivity contribution is 6.88. The summed E-state index contributed by atoms with van der Waals surface area (Å²) in [5.74, 6) is -1.86. The van der Waals surface area contributed by atoms with Gasteiger partial charge in [0.25, 0.3) is 0 Å². The van der Waals surface area contributed by atoms with Crippen molar-refractivity contribution in [2.24, 2.45) is 5.89 Å². The minimum absolute atomic E-state index is 0.0320. The molecule has 0 fully saturated rings. The van der Waals surface area contributed by atoms with Gasteiger partial charge in [0.05, 0.1) is 13.8 Å². The highest BCUT2D eigenvalue weighted by Gasteiger charge is 2.16. The zero-order valence-electron chi connectivity index (χ0n) is 20.7. The molecular formula is C24H29NSi. The van der Waals surface area contributed by atoms with E-state index in [-0.39, 0.29) is 6.42 Å². The van der Waals surface area contributed by atoms with Crippen molar-refractivity contribution in [3.8, 4) is 22.4 Å². The molecule has 0 saturated heterocycles. The first-order valence-corrected chi connectivity index (χ1v) is 12.4. The predicted molar refractivity (Wildman–Crippen MR) is 117 cm³/mol. The first-order valence-electron chi connectivity index (χ1n) is 11.7. The molecule has 0 bridgehead atoms. The number of pyridine rings is 1. The van der Waals surface area contributed by atoms with Crippen molar-refractivity contribution in [3.05, 3.63) is 72.4 Å². The van der Waals surface area contributed by atoms with Crippen LogP contribution in [0.4, 0.5) is 0 Å². The van der Waals surface area contributed by atoms with E-state index in [0.717, 1.165) is 27.9 Å². The third kappa shape index (κ3) is 4.31. The second-order valence-electron chi connectivity index (χ2n) is 7.67. The largest absolute Gasteiger partial charge is 0.256 e. The standard InChI is InChI=1S/C24H29NSi/c1-18(2)15-21-16-24(20-9-7-6-8-10-20)25-17-23(21)19-11-13-22(14-12-19)26(3,4)5/h6-14,16-18H,15H2,1-5H3/i1D2,2D2,18D. The first kappa shape index (κ1) is 13.0. The van der Waals surface area contributed by atoms with Gasteiger partial charge in [-0.25, -0.2) is 0 Å². The number of hydrogen-bond donors (Lipinski definition) is 0. The maximum absolute atomic E-state index is 8.55. The molecule has 0 spiro atoms. The fraction of sp³-hybridized carbons (Fsp3) is 0.292. The molecule has 0 aliphatic heterocycles.